The molecule has 0 saturated carbocycles. The number of hydrogen-bond donors (Lipinski definition) is 2. The molecule has 3 nitrogen and oxygen atoms in total. The lowest BCUT2D eigenvalue weighted by Gasteiger charge is -2.31. The minimum atomic E-state index is 0.178. The molecule has 1 aromatic carbocycles. The zero-order valence-corrected chi connectivity index (χ0v) is 12.2. The number of hydrogen-bond acceptors (Lipinski definition) is 3. The Labute approximate surface area is 110 Å². The summed E-state index contributed by atoms with van der Waals surface area (Å²) >= 11 is 0. The van der Waals surface area contributed by atoms with Gasteiger partial charge in [0.1, 0.15) is 0 Å². The molecule has 0 aliphatic heterocycles. The Morgan fingerprint density at radius 3 is 2.33 bits per heavy atom. The number of aromatic hydroxyl groups is 1. The first-order valence-corrected chi connectivity index (χ1v) is 6.38. The second kappa shape index (κ2) is 5.61. The van der Waals surface area contributed by atoms with Crippen molar-refractivity contribution in [2.45, 2.75) is 46.7 Å². The fourth-order valence-electron chi connectivity index (χ4n) is 1.68. The summed E-state index contributed by atoms with van der Waals surface area (Å²) in [6.07, 6.45) is 0. The van der Waals surface area contributed by atoms with Crippen molar-refractivity contribution in [3.63, 3.8) is 0 Å². The summed E-state index contributed by atoms with van der Waals surface area (Å²) < 4.78 is 5.13. The molecule has 102 valence electrons. The van der Waals surface area contributed by atoms with Crippen molar-refractivity contribution in [2.24, 2.45) is 5.41 Å². The van der Waals surface area contributed by atoms with Gasteiger partial charge in [-0.2, -0.15) is 0 Å². The van der Waals surface area contributed by atoms with Crippen molar-refractivity contribution >= 4 is 0 Å². The highest BCUT2D eigenvalue weighted by Gasteiger charge is 2.22. The fourth-order valence-corrected chi connectivity index (χ4v) is 1.68. The molecule has 0 aromatic heterocycles. The third-order valence-corrected chi connectivity index (χ3v) is 3.50. The minimum Gasteiger partial charge on any atom is -0.504 e. The van der Waals surface area contributed by atoms with Gasteiger partial charge in [0.15, 0.2) is 11.5 Å². The van der Waals surface area contributed by atoms with Gasteiger partial charge >= 0.3 is 0 Å². The first-order chi connectivity index (χ1) is 8.25. The predicted molar refractivity (Wildman–Crippen MR) is 75.1 cm³/mol. The Kier molecular flexibility index (Phi) is 4.63. The van der Waals surface area contributed by atoms with E-state index in [0.717, 1.165) is 5.56 Å². The second-order valence-corrected chi connectivity index (χ2v) is 5.91. The lowest BCUT2D eigenvalue weighted by molar-refractivity contribution is 0.268. The molecule has 0 bridgehead atoms. The fraction of sp³-hybridized carbons (Fsp3) is 0.600. The molecule has 0 saturated heterocycles. The van der Waals surface area contributed by atoms with Gasteiger partial charge in [0, 0.05) is 12.1 Å². The molecule has 2 unspecified atom stereocenters. The lowest BCUT2D eigenvalue weighted by atomic mass is 9.87. The van der Waals surface area contributed by atoms with Crippen LogP contribution in [0.2, 0.25) is 0 Å². The normalized spacial score (nSPS) is 15.2. The Morgan fingerprint density at radius 2 is 1.83 bits per heavy atom. The topological polar surface area (TPSA) is 41.5 Å². The van der Waals surface area contributed by atoms with Crippen molar-refractivity contribution in [3.8, 4) is 11.5 Å². The van der Waals surface area contributed by atoms with Gasteiger partial charge in [0.2, 0.25) is 0 Å². The summed E-state index contributed by atoms with van der Waals surface area (Å²) in [6.45, 7) is 11.0. The van der Waals surface area contributed by atoms with Crippen LogP contribution in [0.25, 0.3) is 0 Å². The summed E-state index contributed by atoms with van der Waals surface area (Å²) in [4.78, 5) is 0. The highest BCUT2D eigenvalue weighted by Crippen LogP contribution is 2.30. The average molecular weight is 251 g/mol. The average Bonchev–Trinajstić information content (AvgIpc) is 2.28. The zero-order valence-electron chi connectivity index (χ0n) is 12.2. The van der Waals surface area contributed by atoms with E-state index in [1.807, 2.05) is 12.1 Å². The molecule has 0 spiro atoms. The van der Waals surface area contributed by atoms with Crippen molar-refractivity contribution in [2.75, 3.05) is 7.11 Å². The van der Waals surface area contributed by atoms with Crippen LogP contribution in [0.5, 0.6) is 11.5 Å². The molecule has 0 aliphatic rings. The third kappa shape index (κ3) is 3.64. The van der Waals surface area contributed by atoms with Crippen molar-refractivity contribution in [1.29, 1.82) is 0 Å². The molecule has 1 aromatic rings. The minimum absolute atomic E-state index is 0.178. The molecule has 3 heteroatoms. The summed E-state index contributed by atoms with van der Waals surface area (Å²) in [6, 6.07) is 6.09. The summed E-state index contributed by atoms with van der Waals surface area (Å²) in [7, 11) is 1.56. The first kappa shape index (κ1) is 14.8. The summed E-state index contributed by atoms with van der Waals surface area (Å²) in [5, 5.41) is 13.2. The first-order valence-electron chi connectivity index (χ1n) is 6.38. The van der Waals surface area contributed by atoms with E-state index < -0.39 is 0 Å². The number of nitrogens with one attached hydrogen (secondary N) is 1. The number of rotatable bonds is 4. The highest BCUT2D eigenvalue weighted by molar-refractivity contribution is 5.42. The van der Waals surface area contributed by atoms with E-state index in [2.05, 4.69) is 39.9 Å². The largest absolute Gasteiger partial charge is 0.504 e. The number of phenols is 1. The standard InChI is InChI=1S/C15H25NO2/c1-10(16-11(2)15(3,4)5)12-7-8-13(17)14(9-12)18-6/h7-11,16-17H,1-6H3. The number of benzene rings is 1. The van der Waals surface area contributed by atoms with Crippen LogP contribution >= 0.6 is 0 Å². The van der Waals surface area contributed by atoms with Crippen LogP contribution in [-0.2, 0) is 0 Å². The van der Waals surface area contributed by atoms with E-state index in [9.17, 15) is 5.11 Å². The molecule has 2 atom stereocenters. The van der Waals surface area contributed by atoms with Gasteiger partial charge in [-0.25, -0.2) is 0 Å². The third-order valence-electron chi connectivity index (χ3n) is 3.50. The van der Waals surface area contributed by atoms with E-state index >= 15 is 0 Å². The monoisotopic (exact) mass is 251 g/mol. The molecule has 2 N–H and O–H groups in total. The van der Waals surface area contributed by atoms with Gasteiger partial charge in [-0.15, -0.1) is 0 Å². The van der Waals surface area contributed by atoms with E-state index in [-0.39, 0.29) is 17.2 Å². The Hall–Kier alpha value is -1.22. The van der Waals surface area contributed by atoms with Gasteiger partial charge in [0.05, 0.1) is 7.11 Å². The smallest absolute Gasteiger partial charge is 0.160 e. The van der Waals surface area contributed by atoms with Gasteiger partial charge in [-0.3, -0.25) is 0 Å². The van der Waals surface area contributed by atoms with Crippen molar-refractivity contribution in [3.05, 3.63) is 23.8 Å². The zero-order chi connectivity index (χ0) is 13.9. The number of methoxy groups -OCH3 is 1. The maximum absolute atomic E-state index is 9.58. The second-order valence-electron chi connectivity index (χ2n) is 5.91. The molecule has 18 heavy (non-hydrogen) atoms. The van der Waals surface area contributed by atoms with Crippen LogP contribution in [-0.4, -0.2) is 18.3 Å². The number of ether oxygens (including phenoxy) is 1. The summed E-state index contributed by atoms with van der Waals surface area (Å²) in [5.41, 5.74) is 1.33. The van der Waals surface area contributed by atoms with Crippen LogP contribution in [0.15, 0.2) is 18.2 Å². The Balaban J connectivity index is 2.81. The van der Waals surface area contributed by atoms with Crippen LogP contribution in [0.3, 0.4) is 0 Å². The van der Waals surface area contributed by atoms with E-state index in [1.54, 1.807) is 13.2 Å². The lowest BCUT2D eigenvalue weighted by Crippen LogP contribution is -2.39. The number of phenolic OH excluding ortho intramolecular Hbond substituents is 1. The molecule has 0 amide bonds. The van der Waals surface area contributed by atoms with E-state index in [1.165, 1.54) is 0 Å². The molecule has 0 fully saturated rings. The van der Waals surface area contributed by atoms with Crippen LogP contribution in [0.1, 0.15) is 46.2 Å². The molecular weight excluding hydrogens is 226 g/mol. The Bertz CT molecular complexity index is 396. The van der Waals surface area contributed by atoms with Crippen molar-refractivity contribution < 1.29 is 9.84 Å². The van der Waals surface area contributed by atoms with Crippen molar-refractivity contribution in [1.82, 2.24) is 5.32 Å². The van der Waals surface area contributed by atoms with Crippen LogP contribution in [0.4, 0.5) is 0 Å². The van der Waals surface area contributed by atoms with Gasteiger partial charge in [0.25, 0.3) is 0 Å². The summed E-state index contributed by atoms with van der Waals surface area (Å²) in [5.74, 6) is 0.696. The Morgan fingerprint density at radius 1 is 1.22 bits per heavy atom. The van der Waals surface area contributed by atoms with Gasteiger partial charge in [-0.1, -0.05) is 26.8 Å². The van der Waals surface area contributed by atoms with Gasteiger partial charge < -0.3 is 15.2 Å². The maximum Gasteiger partial charge on any atom is 0.160 e. The highest BCUT2D eigenvalue weighted by atomic mass is 16.5. The molecule has 0 heterocycles. The van der Waals surface area contributed by atoms with Gasteiger partial charge in [-0.05, 0) is 37.0 Å². The maximum atomic E-state index is 9.58. The molecule has 0 aliphatic carbocycles. The quantitative estimate of drug-likeness (QED) is 0.860. The van der Waals surface area contributed by atoms with E-state index in [4.69, 9.17) is 4.74 Å². The molecule has 0 radical (unpaired) electrons. The van der Waals surface area contributed by atoms with Crippen LogP contribution in [0, 0.1) is 5.41 Å². The molecular formula is C15H25NO2. The van der Waals surface area contributed by atoms with Crippen LogP contribution < -0.4 is 10.1 Å². The molecule has 1 rings (SSSR count). The SMILES string of the molecule is COc1cc(C(C)NC(C)C(C)(C)C)ccc1O. The van der Waals surface area contributed by atoms with E-state index in [0.29, 0.717) is 11.8 Å². The predicted octanol–water partition coefficient (Wildman–Crippen LogP) is 3.49.